The number of nitrogens with zero attached hydrogens (tertiary/aromatic N) is 3. The number of hydrogen-bond acceptors (Lipinski definition) is 4. The predicted octanol–water partition coefficient (Wildman–Crippen LogP) is 4.58. The Balaban J connectivity index is 1.40. The molecule has 4 rings (SSSR count). The zero-order valence-corrected chi connectivity index (χ0v) is 19.8. The highest BCUT2D eigenvalue weighted by molar-refractivity contribution is 5.77. The first-order chi connectivity index (χ1) is 15.9. The molecule has 178 valence electrons. The van der Waals surface area contributed by atoms with Crippen LogP contribution in [-0.2, 0) is 27.3 Å². The lowest BCUT2D eigenvalue weighted by molar-refractivity contribution is -0.149. The van der Waals surface area contributed by atoms with Gasteiger partial charge in [0.1, 0.15) is 5.82 Å². The summed E-state index contributed by atoms with van der Waals surface area (Å²) in [6.45, 7) is 7.60. The Hall–Kier alpha value is -2.70. The lowest BCUT2D eigenvalue weighted by Crippen LogP contribution is -2.38. The van der Waals surface area contributed by atoms with E-state index in [-0.39, 0.29) is 29.7 Å². The number of carbonyl (C=O) groups excluding carboxylic acids is 2. The lowest BCUT2D eigenvalue weighted by atomic mass is 9.80. The minimum absolute atomic E-state index is 0.0147. The molecule has 1 atom stereocenters. The molecular weight excluding hydrogens is 421 g/mol. The lowest BCUT2D eigenvalue weighted by Gasteiger charge is -2.32. The van der Waals surface area contributed by atoms with Crippen LogP contribution in [0.2, 0.25) is 0 Å². The Bertz CT molecular complexity index is 993. The van der Waals surface area contributed by atoms with E-state index in [4.69, 9.17) is 9.84 Å². The summed E-state index contributed by atoms with van der Waals surface area (Å²) in [6.07, 6.45) is 4.74. The topological polar surface area (TPSA) is 64.4 Å². The van der Waals surface area contributed by atoms with Gasteiger partial charge >= 0.3 is 5.97 Å². The molecule has 1 aliphatic heterocycles. The molecule has 2 aliphatic rings. The monoisotopic (exact) mass is 455 g/mol. The Morgan fingerprint density at radius 3 is 2.55 bits per heavy atom. The summed E-state index contributed by atoms with van der Waals surface area (Å²) in [4.78, 5) is 27.1. The Morgan fingerprint density at radius 2 is 1.88 bits per heavy atom. The first-order valence-corrected chi connectivity index (χ1v) is 12.1. The van der Waals surface area contributed by atoms with Crippen LogP contribution in [0.15, 0.2) is 24.3 Å². The molecule has 1 aliphatic carbocycles. The number of fused-ring (bicyclic) bond motifs is 1. The number of aryl methyl sites for hydroxylation is 1. The van der Waals surface area contributed by atoms with Crippen LogP contribution in [0.4, 0.5) is 4.39 Å². The van der Waals surface area contributed by atoms with E-state index in [1.165, 1.54) is 17.7 Å². The van der Waals surface area contributed by atoms with Crippen molar-refractivity contribution in [2.24, 2.45) is 11.8 Å². The summed E-state index contributed by atoms with van der Waals surface area (Å²) >= 11 is 0. The van der Waals surface area contributed by atoms with E-state index in [1.807, 2.05) is 23.4 Å². The predicted molar refractivity (Wildman–Crippen MR) is 123 cm³/mol. The molecule has 1 saturated carbocycles. The fourth-order valence-electron chi connectivity index (χ4n) is 5.28. The number of hydrogen-bond donors (Lipinski definition) is 0. The zero-order chi connectivity index (χ0) is 23.5. The highest BCUT2D eigenvalue weighted by Crippen LogP contribution is 2.33. The van der Waals surface area contributed by atoms with E-state index in [0.717, 1.165) is 49.1 Å². The van der Waals surface area contributed by atoms with Gasteiger partial charge in [0, 0.05) is 13.0 Å². The van der Waals surface area contributed by atoms with Crippen LogP contribution in [0.3, 0.4) is 0 Å². The Labute approximate surface area is 195 Å². The quantitative estimate of drug-likeness (QED) is 0.598. The van der Waals surface area contributed by atoms with Crippen LogP contribution in [-0.4, -0.2) is 39.7 Å². The van der Waals surface area contributed by atoms with Crippen molar-refractivity contribution in [1.82, 2.24) is 14.7 Å². The van der Waals surface area contributed by atoms with Gasteiger partial charge in [-0.1, -0.05) is 12.1 Å². The second kappa shape index (κ2) is 10.1. The smallest absolute Gasteiger partial charge is 0.308 e. The molecule has 1 amide bonds. The average molecular weight is 456 g/mol. The zero-order valence-electron chi connectivity index (χ0n) is 19.8. The largest absolute Gasteiger partial charge is 0.466 e. The van der Waals surface area contributed by atoms with E-state index in [9.17, 15) is 14.0 Å². The maximum absolute atomic E-state index is 13.4. The van der Waals surface area contributed by atoms with Crippen molar-refractivity contribution in [3.8, 4) is 0 Å². The third kappa shape index (κ3) is 5.12. The van der Waals surface area contributed by atoms with Gasteiger partial charge in [-0.25, -0.2) is 4.39 Å². The molecular formula is C26H34FN3O3. The third-order valence-electron chi connectivity index (χ3n) is 7.29. The van der Waals surface area contributed by atoms with Gasteiger partial charge in [-0.2, -0.15) is 5.10 Å². The Kier molecular flexibility index (Phi) is 7.15. The highest BCUT2D eigenvalue weighted by atomic mass is 19.1. The number of ether oxygens (including phenoxy) is 1. The summed E-state index contributed by atoms with van der Waals surface area (Å²) in [5.74, 6) is 0.149. The van der Waals surface area contributed by atoms with E-state index >= 15 is 0 Å². The minimum Gasteiger partial charge on any atom is -0.466 e. The molecule has 1 aromatic heterocycles. The van der Waals surface area contributed by atoms with Gasteiger partial charge in [0.2, 0.25) is 5.91 Å². The molecule has 1 aromatic carbocycles. The van der Waals surface area contributed by atoms with Crippen molar-refractivity contribution < 1.29 is 18.7 Å². The van der Waals surface area contributed by atoms with Crippen molar-refractivity contribution >= 4 is 11.9 Å². The second-order valence-electron chi connectivity index (χ2n) is 9.42. The van der Waals surface area contributed by atoms with Crippen molar-refractivity contribution in [2.75, 3.05) is 13.2 Å². The first-order valence-electron chi connectivity index (χ1n) is 12.1. The number of aromatic nitrogens is 2. The van der Waals surface area contributed by atoms with Crippen molar-refractivity contribution in [3.05, 3.63) is 52.6 Å². The SMILES string of the molecule is CCOC(=O)C1CCC(CC(=O)N2CCc3c(C)nn(C(C)c4ccc(F)cc4)c3C2)CC1. The maximum Gasteiger partial charge on any atom is 0.308 e. The van der Waals surface area contributed by atoms with Crippen molar-refractivity contribution in [2.45, 2.75) is 71.9 Å². The van der Waals surface area contributed by atoms with Gasteiger partial charge in [0.15, 0.2) is 0 Å². The molecule has 0 bridgehead atoms. The fraction of sp³-hybridized carbons (Fsp3) is 0.577. The van der Waals surface area contributed by atoms with Gasteiger partial charge < -0.3 is 9.64 Å². The van der Waals surface area contributed by atoms with Crippen LogP contribution in [0.25, 0.3) is 0 Å². The summed E-state index contributed by atoms with van der Waals surface area (Å²) in [5, 5.41) is 4.78. The van der Waals surface area contributed by atoms with Gasteiger partial charge in [-0.05, 0) is 82.1 Å². The molecule has 7 heteroatoms. The molecule has 0 radical (unpaired) electrons. The number of esters is 1. The molecule has 1 fully saturated rings. The van der Waals surface area contributed by atoms with Gasteiger partial charge in [0.05, 0.1) is 36.5 Å². The summed E-state index contributed by atoms with van der Waals surface area (Å²) < 4.78 is 20.5. The third-order valence-corrected chi connectivity index (χ3v) is 7.29. The molecule has 33 heavy (non-hydrogen) atoms. The maximum atomic E-state index is 13.4. The number of halogens is 1. The van der Waals surface area contributed by atoms with Gasteiger partial charge in [-0.15, -0.1) is 0 Å². The van der Waals surface area contributed by atoms with E-state index in [1.54, 1.807) is 12.1 Å². The van der Waals surface area contributed by atoms with Crippen LogP contribution in [0.5, 0.6) is 0 Å². The molecule has 0 spiro atoms. The summed E-state index contributed by atoms with van der Waals surface area (Å²) in [7, 11) is 0. The molecule has 2 aromatic rings. The van der Waals surface area contributed by atoms with Gasteiger partial charge in [-0.3, -0.25) is 14.3 Å². The van der Waals surface area contributed by atoms with Crippen molar-refractivity contribution in [1.29, 1.82) is 0 Å². The van der Waals surface area contributed by atoms with Crippen LogP contribution >= 0.6 is 0 Å². The van der Waals surface area contributed by atoms with Crippen LogP contribution in [0.1, 0.15) is 74.5 Å². The number of benzene rings is 1. The van der Waals surface area contributed by atoms with Crippen LogP contribution in [0, 0.1) is 24.6 Å². The summed E-state index contributed by atoms with van der Waals surface area (Å²) in [6, 6.07) is 6.49. The average Bonchev–Trinajstić information content (AvgIpc) is 3.15. The van der Waals surface area contributed by atoms with E-state index in [0.29, 0.717) is 32.0 Å². The highest BCUT2D eigenvalue weighted by Gasteiger charge is 2.32. The van der Waals surface area contributed by atoms with Gasteiger partial charge in [0.25, 0.3) is 0 Å². The molecule has 1 unspecified atom stereocenters. The number of amides is 1. The van der Waals surface area contributed by atoms with E-state index in [2.05, 4.69) is 6.92 Å². The fourth-order valence-corrected chi connectivity index (χ4v) is 5.28. The molecule has 0 saturated heterocycles. The Morgan fingerprint density at radius 1 is 1.18 bits per heavy atom. The summed E-state index contributed by atoms with van der Waals surface area (Å²) in [5.41, 5.74) is 4.30. The number of rotatable bonds is 6. The minimum atomic E-state index is -0.252. The molecule has 6 nitrogen and oxygen atoms in total. The van der Waals surface area contributed by atoms with Crippen molar-refractivity contribution in [3.63, 3.8) is 0 Å². The standard InChI is InChI=1S/C26H34FN3O3/c1-4-33-26(32)21-7-5-19(6-8-21)15-25(31)29-14-13-23-17(2)28-30(24(23)16-29)18(3)20-9-11-22(27)12-10-20/h9-12,18-19,21H,4-8,13-16H2,1-3H3. The van der Waals surface area contributed by atoms with E-state index < -0.39 is 0 Å². The second-order valence-corrected chi connectivity index (χ2v) is 9.42. The molecule has 0 N–H and O–H groups in total. The van der Waals surface area contributed by atoms with Crippen LogP contribution < -0.4 is 0 Å². The normalized spacial score (nSPS) is 21.4. The first kappa shape index (κ1) is 23.5. The molecule has 2 heterocycles. The number of carbonyl (C=O) groups is 2.